The molecule has 0 aliphatic heterocycles. The van der Waals surface area contributed by atoms with Gasteiger partial charge in [-0.2, -0.15) is 0 Å². The predicted octanol–water partition coefficient (Wildman–Crippen LogP) is 12.9. The number of carbonyl (C=O) groups is 2. The van der Waals surface area contributed by atoms with Crippen molar-refractivity contribution in [1.29, 1.82) is 0 Å². The van der Waals surface area contributed by atoms with Crippen LogP contribution in [0.5, 0.6) is 11.5 Å². The Balaban J connectivity index is 0.000000490. The summed E-state index contributed by atoms with van der Waals surface area (Å²) in [6.07, 6.45) is 32.6. The van der Waals surface area contributed by atoms with E-state index in [9.17, 15) is 19.8 Å². The second-order valence-electron chi connectivity index (χ2n) is 13.5. The van der Waals surface area contributed by atoms with Crippen LogP contribution in [-0.4, -0.2) is 35.4 Å². The summed E-state index contributed by atoms with van der Waals surface area (Å²) in [7, 11) is 0. The molecular formula is C43H70O6. The third kappa shape index (κ3) is 26.5. The first-order valence-electron chi connectivity index (χ1n) is 19.9. The number of aromatic hydroxyl groups is 2. The van der Waals surface area contributed by atoms with E-state index in [1.54, 1.807) is 24.3 Å². The molecule has 2 N–H and O–H groups in total. The highest BCUT2D eigenvalue weighted by Crippen LogP contribution is 2.15. The first-order chi connectivity index (χ1) is 24.0. The van der Waals surface area contributed by atoms with Gasteiger partial charge in [0.05, 0.1) is 24.3 Å². The van der Waals surface area contributed by atoms with Crippen LogP contribution in [0.3, 0.4) is 0 Å². The molecule has 2 rings (SSSR count). The fourth-order valence-corrected chi connectivity index (χ4v) is 5.75. The molecule has 0 saturated carbocycles. The van der Waals surface area contributed by atoms with Gasteiger partial charge in [0.1, 0.15) is 11.5 Å². The number of esters is 2. The number of hydrogen-bond donors (Lipinski definition) is 2. The number of benzene rings is 2. The highest BCUT2D eigenvalue weighted by Gasteiger charge is 2.07. The van der Waals surface area contributed by atoms with Crippen molar-refractivity contribution in [2.45, 2.75) is 174 Å². The summed E-state index contributed by atoms with van der Waals surface area (Å²) in [6.45, 7) is 5.49. The molecule has 0 atom stereocenters. The standard InChI is InChI=1S/C22H36O3.C21H34O3/c1-2-3-4-5-6-7-8-9-10-11-12-13-14-19-25-22(24)20-15-17-21(23)18-16-20;1-2-3-4-5-6-7-8-9-10-11-12-13-18-24-21(23)19-14-16-20(22)17-15-19/h15-18,23H,2-14,19H2,1H3;14-17,22H,2-13,18H2,1H3. The zero-order valence-electron chi connectivity index (χ0n) is 31.2. The lowest BCUT2D eigenvalue weighted by molar-refractivity contribution is 0.0488. The van der Waals surface area contributed by atoms with Crippen molar-refractivity contribution in [2.24, 2.45) is 0 Å². The second-order valence-corrected chi connectivity index (χ2v) is 13.5. The summed E-state index contributed by atoms with van der Waals surface area (Å²) < 4.78 is 10.5. The number of hydrogen-bond acceptors (Lipinski definition) is 6. The van der Waals surface area contributed by atoms with Crippen LogP contribution < -0.4 is 0 Å². The van der Waals surface area contributed by atoms with Gasteiger partial charge in [-0.05, 0) is 61.4 Å². The van der Waals surface area contributed by atoms with E-state index in [0.717, 1.165) is 25.7 Å². The maximum Gasteiger partial charge on any atom is 0.338 e. The van der Waals surface area contributed by atoms with E-state index in [2.05, 4.69) is 13.8 Å². The molecule has 49 heavy (non-hydrogen) atoms. The van der Waals surface area contributed by atoms with E-state index in [1.165, 1.54) is 159 Å². The molecule has 0 fully saturated rings. The van der Waals surface area contributed by atoms with Crippen LogP contribution in [0.25, 0.3) is 0 Å². The highest BCUT2D eigenvalue weighted by molar-refractivity contribution is 5.89. The molecule has 0 heterocycles. The van der Waals surface area contributed by atoms with Crippen molar-refractivity contribution in [3.63, 3.8) is 0 Å². The molecule has 0 unspecified atom stereocenters. The monoisotopic (exact) mass is 683 g/mol. The SMILES string of the molecule is CCCCCCCCCCCCCCCOC(=O)c1ccc(O)cc1.CCCCCCCCCCCCCCOC(=O)c1ccc(O)cc1. The normalized spacial score (nSPS) is 10.7. The number of phenolic OH excluding ortho intramolecular Hbond substituents is 2. The maximum atomic E-state index is 11.8. The minimum absolute atomic E-state index is 0.160. The highest BCUT2D eigenvalue weighted by atomic mass is 16.5. The summed E-state index contributed by atoms with van der Waals surface area (Å²) in [5.41, 5.74) is 0.985. The van der Waals surface area contributed by atoms with E-state index < -0.39 is 0 Å². The molecule has 0 aromatic heterocycles. The van der Waals surface area contributed by atoms with Crippen molar-refractivity contribution in [2.75, 3.05) is 13.2 Å². The summed E-state index contributed by atoms with van der Waals surface area (Å²) in [5, 5.41) is 18.4. The number of carbonyl (C=O) groups excluding carboxylic acids is 2. The van der Waals surface area contributed by atoms with Crippen molar-refractivity contribution >= 4 is 11.9 Å². The first-order valence-corrected chi connectivity index (χ1v) is 19.9. The largest absolute Gasteiger partial charge is 0.508 e. The zero-order chi connectivity index (χ0) is 35.6. The van der Waals surface area contributed by atoms with Crippen LogP contribution in [0.2, 0.25) is 0 Å². The lowest BCUT2D eigenvalue weighted by atomic mass is 10.0. The smallest absolute Gasteiger partial charge is 0.338 e. The summed E-state index contributed by atoms with van der Waals surface area (Å²) in [4.78, 5) is 23.5. The van der Waals surface area contributed by atoms with Gasteiger partial charge in [-0.1, -0.05) is 162 Å². The Hall–Kier alpha value is -3.02. The Kier molecular flexibility index (Phi) is 28.9. The Morgan fingerprint density at radius 1 is 0.388 bits per heavy atom. The number of rotatable bonds is 29. The molecule has 0 amide bonds. The van der Waals surface area contributed by atoms with Crippen LogP contribution >= 0.6 is 0 Å². The molecule has 2 aromatic carbocycles. The Morgan fingerprint density at radius 2 is 0.612 bits per heavy atom. The summed E-state index contributed by atoms with van der Waals surface area (Å²) >= 11 is 0. The van der Waals surface area contributed by atoms with Crippen molar-refractivity contribution in [3.8, 4) is 11.5 Å². The maximum absolute atomic E-state index is 11.8. The fraction of sp³-hybridized carbons (Fsp3) is 0.674. The number of phenols is 2. The molecule has 0 bridgehead atoms. The molecule has 0 spiro atoms. The van der Waals surface area contributed by atoms with Gasteiger partial charge < -0.3 is 19.7 Å². The number of ether oxygens (including phenoxy) is 2. The summed E-state index contributed by atoms with van der Waals surface area (Å²) in [5.74, 6) is -0.294. The van der Waals surface area contributed by atoms with Crippen molar-refractivity contribution in [3.05, 3.63) is 59.7 Å². The van der Waals surface area contributed by atoms with Gasteiger partial charge in [-0.25, -0.2) is 9.59 Å². The van der Waals surface area contributed by atoms with Gasteiger partial charge in [0.2, 0.25) is 0 Å². The molecule has 278 valence electrons. The topological polar surface area (TPSA) is 93.1 Å². The quantitative estimate of drug-likeness (QED) is 0.0655. The average molecular weight is 683 g/mol. The molecule has 0 saturated heterocycles. The predicted molar refractivity (Wildman–Crippen MR) is 204 cm³/mol. The number of unbranched alkanes of at least 4 members (excludes halogenated alkanes) is 23. The first kappa shape index (κ1) is 44.0. The third-order valence-electron chi connectivity index (χ3n) is 8.92. The van der Waals surface area contributed by atoms with E-state index >= 15 is 0 Å². The molecule has 2 aromatic rings. The molecule has 0 aliphatic rings. The van der Waals surface area contributed by atoms with Crippen LogP contribution in [0.15, 0.2) is 48.5 Å². The van der Waals surface area contributed by atoms with E-state index in [-0.39, 0.29) is 23.4 Å². The Morgan fingerprint density at radius 3 is 0.857 bits per heavy atom. The molecule has 0 aliphatic carbocycles. The van der Waals surface area contributed by atoms with E-state index in [0.29, 0.717) is 24.3 Å². The van der Waals surface area contributed by atoms with Gasteiger partial charge in [-0.3, -0.25) is 0 Å². The minimum atomic E-state index is -0.307. The van der Waals surface area contributed by atoms with Gasteiger partial charge in [0, 0.05) is 0 Å². The van der Waals surface area contributed by atoms with Crippen LogP contribution in [0, 0.1) is 0 Å². The van der Waals surface area contributed by atoms with Crippen LogP contribution in [-0.2, 0) is 9.47 Å². The van der Waals surface area contributed by atoms with Gasteiger partial charge >= 0.3 is 11.9 Å². The lowest BCUT2D eigenvalue weighted by Gasteiger charge is -2.05. The fourth-order valence-electron chi connectivity index (χ4n) is 5.75. The van der Waals surface area contributed by atoms with Crippen LogP contribution in [0.4, 0.5) is 0 Å². The zero-order valence-corrected chi connectivity index (χ0v) is 31.2. The lowest BCUT2D eigenvalue weighted by Crippen LogP contribution is -2.06. The Bertz CT molecular complexity index is 1030. The van der Waals surface area contributed by atoms with Gasteiger partial charge in [-0.15, -0.1) is 0 Å². The van der Waals surface area contributed by atoms with E-state index in [1.807, 2.05) is 0 Å². The van der Waals surface area contributed by atoms with Crippen LogP contribution in [0.1, 0.15) is 195 Å². The minimum Gasteiger partial charge on any atom is -0.508 e. The van der Waals surface area contributed by atoms with Crippen molar-refractivity contribution in [1.82, 2.24) is 0 Å². The molecular weight excluding hydrogens is 612 g/mol. The Labute approximate surface area is 299 Å². The third-order valence-corrected chi connectivity index (χ3v) is 8.92. The average Bonchev–Trinajstić information content (AvgIpc) is 3.11. The van der Waals surface area contributed by atoms with Gasteiger partial charge in [0.25, 0.3) is 0 Å². The van der Waals surface area contributed by atoms with Crippen molar-refractivity contribution < 1.29 is 29.3 Å². The molecule has 0 radical (unpaired) electrons. The second kappa shape index (κ2) is 32.2. The molecule has 6 heteroatoms. The summed E-state index contributed by atoms with van der Waals surface area (Å²) in [6, 6.07) is 12.3. The molecule has 6 nitrogen and oxygen atoms in total. The van der Waals surface area contributed by atoms with Gasteiger partial charge in [0.15, 0.2) is 0 Å². The van der Waals surface area contributed by atoms with E-state index in [4.69, 9.17) is 9.47 Å².